The van der Waals surface area contributed by atoms with Gasteiger partial charge in [0.15, 0.2) is 0 Å². The molecule has 1 aromatic heterocycles. The summed E-state index contributed by atoms with van der Waals surface area (Å²) >= 11 is 0. The molecule has 7 nitrogen and oxygen atoms in total. The summed E-state index contributed by atoms with van der Waals surface area (Å²) in [5.74, 6) is -0.709. The molecule has 2 heterocycles. The van der Waals surface area contributed by atoms with Crippen LogP contribution < -0.4 is 0 Å². The van der Waals surface area contributed by atoms with Crippen LogP contribution in [-0.4, -0.2) is 60.3 Å². The minimum absolute atomic E-state index is 0.229. The number of aromatic carboxylic acids is 1. The van der Waals surface area contributed by atoms with Gasteiger partial charge in [-0.05, 0) is 48.9 Å². The average Bonchev–Trinajstić information content (AvgIpc) is 2.69. The zero-order chi connectivity index (χ0) is 20.3. The quantitative estimate of drug-likeness (QED) is 0.800. The molecule has 0 bridgehead atoms. The Morgan fingerprint density at radius 2 is 2.07 bits per heavy atom. The first-order valence-electron chi connectivity index (χ1n) is 9.23. The molecule has 0 amide bonds. The van der Waals surface area contributed by atoms with Gasteiger partial charge in [0.25, 0.3) is 10.2 Å². The lowest BCUT2D eigenvalue weighted by Gasteiger charge is -2.33. The molecule has 0 spiro atoms. The fourth-order valence-corrected chi connectivity index (χ4v) is 4.72. The fourth-order valence-electron chi connectivity index (χ4n) is 3.49. The lowest BCUT2D eigenvalue weighted by atomic mass is 9.93. The third kappa shape index (κ3) is 4.57. The van der Waals surface area contributed by atoms with E-state index in [-0.39, 0.29) is 11.5 Å². The third-order valence-electron chi connectivity index (χ3n) is 5.02. The Hall–Kier alpha value is -2.29. The first kappa shape index (κ1) is 20.4. The van der Waals surface area contributed by atoms with Gasteiger partial charge in [0.05, 0.1) is 11.3 Å². The minimum atomic E-state index is -3.38. The number of pyridine rings is 1. The number of carboxylic acids is 1. The number of hydrogen-bond donors (Lipinski definition) is 1. The Balaban J connectivity index is 1.69. The molecule has 0 unspecified atom stereocenters. The van der Waals surface area contributed by atoms with Crippen molar-refractivity contribution < 1.29 is 18.3 Å². The van der Waals surface area contributed by atoms with Crippen LogP contribution in [-0.2, 0) is 16.6 Å². The molecule has 150 valence electrons. The topological polar surface area (TPSA) is 90.8 Å². The van der Waals surface area contributed by atoms with E-state index in [1.807, 2.05) is 18.2 Å². The van der Waals surface area contributed by atoms with Crippen molar-refractivity contribution in [2.45, 2.75) is 19.3 Å². The van der Waals surface area contributed by atoms with E-state index in [0.29, 0.717) is 18.8 Å². The zero-order valence-electron chi connectivity index (χ0n) is 16.1. The molecule has 8 heteroatoms. The van der Waals surface area contributed by atoms with E-state index in [4.69, 9.17) is 5.11 Å². The molecule has 1 atom stereocenters. The lowest BCUT2D eigenvalue weighted by Crippen LogP contribution is -2.45. The van der Waals surface area contributed by atoms with E-state index in [2.05, 4.69) is 4.98 Å². The summed E-state index contributed by atoms with van der Waals surface area (Å²) in [6.07, 6.45) is 4.40. The molecule has 0 saturated carbocycles. The van der Waals surface area contributed by atoms with Crippen LogP contribution in [0.25, 0.3) is 11.3 Å². The molecule has 1 N–H and O–H groups in total. The molecular weight excluding hydrogens is 378 g/mol. The number of nitrogens with zero attached hydrogens (tertiary/aromatic N) is 3. The summed E-state index contributed by atoms with van der Waals surface area (Å²) in [6, 6.07) is 10.6. The van der Waals surface area contributed by atoms with Gasteiger partial charge in [-0.1, -0.05) is 18.2 Å². The highest BCUT2D eigenvalue weighted by atomic mass is 32.2. The second kappa shape index (κ2) is 8.38. The molecule has 0 radical (unpaired) electrons. The van der Waals surface area contributed by atoms with E-state index in [1.165, 1.54) is 4.31 Å². The third-order valence-corrected chi connectivity index (χ3v) is 6.93. The van der Waals surface area contributed by atoms with Crippen molar-refractivity contribution >= 4 is 16.2 Å². The summed E-state index contributed by atoms with van der Waals surface area (Å²) in [4.78, 5) is 15.6. The first-order chi connectivity index (χ1) is 13.3. The molecular formula is C20H25N3O4S. The van der Waals surface area contributed by atoms with Gasteiger partial charge in [-0.3, -0.25) is 4.98 Å². The second-order valence-corrected chi connectivity index (χ2v) is 9.44. The number of hydrogen-bond acceptors (Lipinski definition) is 4. The second-order valence-electron chi connectivity index (χ2n) is 7.30. The predicted molar refractivity (Wildman–Crippen MR) is 107 cm³/mol. The van der Waals surface area contributed by atoms with Gasteiger partial charge in [-0.15, -0.1) is 0 Å². The molecule has 28 heavy (non-hydrogen) atoms. The van der Waals surface area contributed by atoms with E-state index in [0.717, 1.165) is 30.4 Å². The molecule has 3 rings (SSSR count). The van der Waals surface area contributed by atoms with Crippen molar-refractivity contribution in [3.05, 3.63) is 53.7 Å². The maximum Gasteiger partial charge on any atom is 0.335 e. The Kier molecular flexibility index (Phi) is 6.12. The highest BCUT2D eigenvalue weighted by Crippen LogP contribution is 2.24. The van der Waals surface area contributed by atoms with Gasteiger partial charge in [0.1, 0.15) is 0 Å². The van der Waals surface area contributed by atoms with E-state index in [1.54, 1.807) is 42.8 Å². The summed E-state index contributed by atoms with van der Waals surface area (Å²) in [7, 11) is -0.263. The summed E-state index contributed by atoms with van der Waals surface area (Å²) in [5, 5.41) is 9.13. The number of piperidine rings is 1. The number of carbonyl (C=O) groups is 1. The van der Waals surface area contributed by atoms with Crippen LogP contribution in [0.15, 0.2) is 42.6 Å². The number of benzene rings is 1. The Morgan fingerprint density at radius 3 is 2.71 bits per heavy atom. The van der Waals surface area contributed by atoms with Gasteiger partial charge in [0.2, 0.25) is 0 Å². The van der Waals surface area contributed by atoms with Crippen LogP contribution in [0.5, 0.6) is 0 Å². The van der Waals surface area contributed by atoms with Crippen molar-refractivity contribution in [2.75, 3.05) is 27.2 Å². The molecule has 2 aromatic rings. The largest absolute Gasteiger partial charge is 0.478 e. The smallest absolute Gasteiger partial charge is 0.335 e. The van der Waals surface area contributed by atoms with E-state index < -0.39 is 16.2 Å². The Labute approximate surface area is 165 Å². The Morgan fingerprint density at radius 1 is 1.29 bits per heavy atom. The average molecular weight is 404 g/mol. The monoisotopic (exact) mass is 403 g/mol. The van der Waals surface area contributed by atoms with Gasteiger partial charge in [0, 0.05) is 38.9 Å². The van der Waals surface area contributed by atoms with E-state index in [9.17, 15) is 13.2 Å². The van der Waals surface area contributed by atoms with E-state index >= 15 is 0 Å². The summed E-state index contributed by atoms with van der Waals surface area (Å²) < 4.78 is 27.5. The maximum atomic E-state index is 12.4. The predicted octanol–water partition coefficient (Wildman–Crippen LogP) is 2.51. The van der Waals surface area contributed by atoms with Crippen LogP contribution in [0.4, 0.5) is 0 Å². The van der Waals surface area contributed by atoms with Gasteiger partial charge < -0.3 is 5.11 Å². The molecule has 1 fully saturated rings. The maximum absolute atomic E-state index is 12.4. The highest BCUT2D eigenvalue weighted by Gasteiger charge is 2.30. The van der Waals surface area contributed by atoms with Crippen LogP contribution in [0, 0.1) is 5.92 Å². The van der Waals surface area contributed by atoms with Crippen molar-refractivity contribution in [2.24, 2.45) is 5.92 Å². The fraction of sp³-hybridized carbons (Fsp3) is 0.400. The lowest BCUT2D eigenvalue weighted by molar-refractivity contribution is 0.0697. The highest BCUT2D eigenvalue weighted by molar-refractivity contribution is 7.86. The summed E-state index contributed by atoms with van der Waals surface area (Å²) in [6.45, 7) is 1.08. The number of aromatic nitrogens is 1. The normalized spacial score (nSPS) is 18.3. The van der Waals surface area contributed by atoms with Crippen LogP contribution in [0.2, 0.25) is 0 Å². The summed E-state index contributed by atoms with van der Waals surface area (Å²) in [5.41, 5.74) is 2.75. The van der Waals surface area contributed by atoms with Gasteiger partial charge in [-0.2, -0.15) is 17.0 Å². The van der Waals surface area contributed by atoms with Crippen LogP contribution in [0.3, 0.4) is 0 Å². The van der Waals surface area contributed by atoms with Crippen molar-refractivity contribution in [3.63, 3.8) is 0 Å². The number of rotatable bonds is 6. The van der Waals surface area contributed by atoms with Gasteiger partial charge in [-0.25, -0.2) is 4.79 Å². The zero-order valence-corrected chi connectivity index (χ0v) is 16.9. The van der Waals surface area contributed by atoms with Crippen molar-refractivity contribution in [3.8, 4) is 11.3 Å². The minimum Gasteiger partial charge on any atom is -0.478 e. The van der Waals surface area contributed by atoms with Crippen molar-refractivity contribution in [1.29, 1.82) is 0 Å². The molecule has 1 saturated heterocycles. The Bertz CT molecular complexity index is 942. The standard InChI is InChI=1S/C20H25N3O4S/c1-22(2)28(26,27)23-10-4-5-16(14-23)11-15-8-9-19(21-13-15)17-6-3-7-18(12-17)20(24)25/h3,6-9,12-13,16H,4-5,10-11,14H2,1-2H3,(H,24,25)/t16-/m1/s1. The SMILES string of the molecule is CN(C)S(=O)(=O)N1CCC[C@H](Cc2ccc(-c3cccc(C(=O)O)c3)nc2)C1. The van der Waals surface area contributed by atoms with Crippen LogP contribution in [0.1, 0.15) is 28.8 Å². The molecule has 0 aliphatic carbocycles. The number of carboxylic acid groups (broad SMARTS) is 1. The van der Waals surface area contributed by atoms with Crippen LogP contribution >= 0.6 is 0 Å². The van der Waals surface area contributed by atoms with Gasteiger partial charge >= 0.3 is 5.97 Å². The molecule has 1 aromatic carbocycles. The first-order valence-corrected chi connectivity index (χ1v) is 10.6. The van der Waals surface area contributed by atoms with Crippen molar-refractivity contribution in [1.82, 2.24) is 13.6 Å². The molecule has 1 aliphatic heterocycles. The molecule has 1 aliphatic rings.